The van der Waals surface area contributed by atoms with Crippen molar-refractivity contribution in [1.82, 2.24) is 19.8 Å². The molecule has 1 atom stereocenters. The maximum absolute atomic E-state index is 15.9. The molecule has 3 aromatic rings. The van der Waals surface area contributed by atoms with Gasteiger partial charge in [-0.15, -0.1) is 0 Å². The number of methoxy groups -OCH3 is 2. The summed E-state index contributed by atoms with van der Waals surface area (Å²) in [5.41, 5.74) is 2.89. The minimum atomic E-state index is -0.871. The standard InChI is InChI=1S/C33H41FN4O7/c1-22-24(9-5-12-28(22)44-17-7-13-37-15-18-43-19-16-37)25-10-4-8-23(29(25)34)21-45-33-35-30(41-2)26(31(36-33)42-3)20-38-14-6-11-27(38)32(39)40/h4-5,8-10,12,27H,6-7,11,13-21H2,1-3H3,(H,39,40)/t27-/m0/s1. The fraction of sp³-hybridized carbons (Fsp3) is 0.485. The van der Waals surface area contributed by atoms with Crippen LogP contribution in [0.3, 0.4) is 0 Å². The third kappa shape index (κ3) is 7.81. The lowest BCUT2D eigenvalue weighted by atomic mass is 9.97. The zero-order valence-corrected chi connectivity index (χ0v) is 26.1. The summed E-state index contributed by atoms with van der Waals surface area (Å²) in [6, 6.07) is 10.2. The molecular weight excluding hydrogens is 583 g/mol. The molecule has 0 saturated carbocycles. The van der Waals surface area contributed by atoms with E-state index in [1.165, 1.54) is 14.2 Å². The van der Waals surface area contributed by atoms with Crippen LogP contribution >= 0.6 is 0 Å². The molecule has 0 amide bonds. The molecule has 2 fully saturated rings. The molecule has 0 unspecified atom stereocenters. The lowest BCUT2D eigenvalue weighted by Crippen LogP contribution is -2.37. The van der Waals surface area contributed by atoms with Gasteiger partial charge in [0.15, 0.2) is 0 Å². The second-order valence-electron chi connectivity index (χ2n) is 11.1. The van der Waals surface area contributed by atoms with Crippen LogP contribution in [0, 0.1) is 12.7 Å². The van der Waals surface area contributed by atoms with Crippen LogP contribution in [0.1, 0.15) is 36.0 Å². The summed E-state index contributed by atoms with van der Waals surface area (Å²) >= 11 is 0. The molecule has 1 aromatic heterocycles. The van der Waals surface area contributed by atoms with Gasteiger partial charge in [0.05, 0.1) is 39.6 Å². The molecule has 0 radical (unpaired) electrons. The third-order valence-electron chi connectivity index (χ3n) is 8.30. The maximum Gasteiger partial charge on any atom is 0.323 e. The fourth-order valence-electron chi connectivity index (χ4n) is 5.86. The molecule has 0 spiro atoms. The Labute approximate surface area is 262 Å². The third-order valence-corrected chi connectivity index (χ3v) is 8.30. The summed E-state index contributed by atoms with van der Waals surface area (Å²) in [7, 11) is 2.92. The molecule has 45 heavy (non-hydrogen) atoms. The molecule has 5 rings (SSSR count). The Kier molecular flexibility index (Phi) is 11.0. The van der Waals surface area contributed by atoms with Crippen LogP contribution in [0.15, 0.2) is 36.4 Å². The van der Waals surface area contributed by atoms with Gasteiger partial charge in [-0.1, -0.05) is 30.3 Å². The van der Waals surface area contributed by atoms with Crippen molar-refractivity contribution in [2.45, 2.75) is 45.4 Å². The highest BCUT2D eigenvalue weighted by atomic mass is 19.1. The quantitative estimate of drug-likeness (QED) is 0.258. The smallest absolute Gasteiger partial charge is 0.323 e. The number of hydrogen-bond donors (Lipinski definition) is 1. The number of rotatable bonds is 14. The molecule has 2 aliphatic rings. The highest BCUT2D eigenvalue weighted by molar-refractivity contribution is 5.74. The minimum Gasteiger partial charge on any atom is -0.493 e. The van der Waals surface area contributed by atoms with Gasteiger partial charge in [-0.05, 0) is 49.9 Å². The zero-order valence-electron chi connectivity index (χ0n) is 26.1. The van der Waals surface area contributed by atoms with Gasteiger partial charge in [0.1, 0.15) is 24.2 Å². The number of carboxylic acid groups (broad SMARTS) is 1. The first-order valence-electron chi connectivity index (χ1n) is 15.3. The van der Waals surface area contributed by atoms with Gasteiger partial charge in [-0.3, -0.25) is 14.6 Å². The lowest BCUT2D eigenvalue weighted by molar-refractivity contribution is -0.142. The van der Waals surface area contributed by atoms with E-state index < -0.39 is 17.8 Å². The van der Waals surface area contributed by atoms with Crippen molar-refractivity contribution in [1.29, 1.82) is 0 Å². The van der Waals surface area contributed by atoms with Crippen LogP contribution < -0.4 is 18.9 Å². The molecule has 0 bridgehead atoms. The Balaban J connectivity index is 1.27. The Hall–Kier alpha value is -4.00. The average Bonchev–Trinajstić information content (AvgIpc) is 3.53. The summed E-state index contributed by atoms with van der Waals surface area (Å²) < 4.78 is 44.2. The van der Waals surface area contributed by atoms with Crippen LogP contribution in [0.5, 0.6) is 23.5 Å². The molecule has 2 saturated heterocycles. The molecule has 11 nitrogen and oxygen atoms in total. The number of ether oxygens (including phenoxy) is 5. The predicted octanol–water partition coefficient (Wildman–Crippen LogP) is 4.34. The molecule has 2 aliphatic heterocycles. The Morgan fingerprint density at radius 2 is 1.73 bits per heavy atom. The van der Waals surface area contributed by atoms with E-state index in [1.807, 2.05) is 30.0 Å². The maximum atomic E-state index is 15.9. The van der Waals surface area contributed by atoms with E-state index >= 15 is 4.39 Å². The molecule has 2 aromatic carbocycles. The van der Waals surface area contributed by atoms with Crippen LogP contribution in [0.2, 0.25) is 0 Å². The molecule has 242 valence electrons. The fourth-order valence-corrected chi connectivity index (χ4v) is 5.86. The van der Waals surface area contributed by atoms with E-state index in [-0.39, 0.29) is 30.9 Å². The number of likely N-dealkylation sites (tertiary alicyclic amines) is 1. The predicted molar refractivity (Wildman–Crippen MR) is 164 cm³/mol. The van der Waals surface area contributed by atoms with Crippen molar-refractivity contribution in [2.75, 3.05) is 60.2 Å². The molecule has 3 heterocycles. The van der Waals surface area contributed by atoms with Crippen LogP contribution in [-0.4, -0.2) is 97.1 Å². The van der Waals surface area contributed by atoms with Crippen molar-refractivity contribution in [3.63, 3.8) is 0 Å². The van der Waals surface area contributed by atoms with E-state index in [1.54, 1.807) is 18.2 Å². The van der Waals surface area contributed by atoms with Gasteiger partial charge in [0.2, 0.25) is 11.8 Å². The molecule has 0 aliphatic carbocycles. The van der Waals surface area contributed by atoms with Gasteiger partial charge in [0, 0.05) is 37.3 Å². The molecular formula is C33H41FN4O7. The van der Waals surface area contributed by atoms with E-state index in [4.69, 9.17) is 23.7 Å². The summed E-state index contributed by atoms with van der Waals surface area (Å²) in [6.45, 7) is 7.63. The van der Waals surface area contributed by atoms with E-state index in [0.717, 1.165) is 62.6 Å². The number of halogens is 1. The van der Waals surface area contributed by atoms with E-state index in [2.05, 4.69) is 14.9 Å². The Bertz CT molecular complexity index is 1440. The van der Waals surface area contributed by atoms with Gasteiger partial charge < -0.3 is 28.8 Å². The first kappa shape index (κ1) is 32.4. The molecule has 12 heteroatoms. The largest absolute Gasteiger partial charge is 0.493 e. The Morgan fingerprint density at radius 3 is 2.44 bits per heavy atom. The van der Waals surface area contributed by atoms with Crippen molar-refractivity contribution in [2.24, 2.45) is 0 Å². The highest BCUT2D eigenvalue weighted by Gasteiger charge is 2.32. The van der Waals surface area contributed by atoms with Crippen molar-refractivity contribution >= 4 is 5.97 Å². The monoisotopic (exact) mass is 624 g/mol. The van der Waals surface area contributed by atoms with Crippen molar-refractivity contribution < 1.29 is 38.0 Å². The van der Waals surface area contributed by atoms with Crippen LogP contribution in [0.4, 0.5) is 4.39 Å². The second-order valence-corrected chi connectivity index (χ2v) is 11.1. The first-order chi connectivity index (χ1) is 21.9. The highest BCUT2D eigenvalue weighted by Crippen LogP contribution is 2.34. The number of aliphatic carboxylic acids is 1. The number of nitrogens with zero attached hydrogens (tertiary/aromatic N) is 4. The zero-order chi connectivity index (χ0) is 31.8. The number of aromatic nitrogens is 2. The number of benzene rings is 2. The second kappa shape index (κ2) is 15.3. The van der Waals surface area contributed by atoms with Gasteiger partial charge in [-0.25, -0.2) is 4.39 Å². The number of carboxylic acids is 1. The van der Waals surface area contributed by atoms with Crippen molar-refractivity contribution in [3.8, 4) is 34.6 Å². The summed E-state index contributed by atoms with van der Waals surface area (Å²) in [5.74, 6) is -0.135. The summed E-state index contributed by atoms with van der Waals surface area (Å²) in [6.07, 6.45) is 2.24. The average molecular weight is 625 g/mol. The van der Waals surface area contributed by atoms with E-state index in [9.17, 15) is 9.90 Å². The van der Waals surface area contributed by atoms with Crippen LogP contribution in [0.25, 0.3) is 11.1 Å². The topological polar surface area (TPSA) is 116 Å². The van der Waals surface area contributed by atoms with E-state index in [0.29, 0.717) is 36.3 Å². The van der Waals surface area contributed by atoms with Crippen molar-refractivity contribution in [3.05, 3.63) is 58.9 Å². The van der Waals surface area contributed by atoms with Gasteiger partial charge in [-0.2, -0.15) is 9.97 Å². The summed E-state index contributed by atoms with van der Waals surface area (Å²) in [4.78, 5) is 24.6. The normalized spacial score (nSPS) is 17.3. The number of hydrogen-bond acceptors (Lipinski definition) is 10. The van der Waals surface area contributed by atoms with Gasteiger partial charge in [0.25, 0.3) is 0 Å². The number of carbonyl (C=O) groups is 1. The number of morpholine rings is 1. The SMILES string of the molecule is COc1nc(OCc2cccc(-c3cccc(OCCCN4CCOCC4)c3C)c2F)nc(OC)c1CN1CCC[C@H]1C(=O)O. The molecule has 1 N–H and O–H groups in total. The van der Waals surface area contributed by atoms with Gasteiger partial charge >= 0.3 is 12.0 Å². The Morgan fingerprint density at radius 1 is 1.02 bits per heavy atom. The lowest BCUT2D eigenvalue weighted by Gasteiger charge is -2.26. The first-order valence-corrected chi connectivity index (χ1v) is 15.3. The minimum absolute atomic E-state index is 0.0443. The summed E-state index contributed by atoms with van der Waals surface area (Å²) in [5, 5.41) is 9.57. The van der Waals surface area contributed by atoms with Crippen LogP contribution in [-0.2, 0) is 22.7 Å².